The van der Waals surface area contributed by atoms with E-state index >= 15 is 0 Å². The van der Waals surface area contributed by atoms with Gasteiger partial charge in [0, 0.05) is 23.7 Å². The Morgan fingerprint density at radius 2 is 1.63 bits per heavy atom. The maximum atomic E-state index is 14.0. The van der Waals surface area contributed by atoms with Gasteiger partial charge in [-0.15, -0.1) is 0 Å². The SMILES string of the molecule is NC[C@H]1CNc2cc(F)cc(-c3c(C(F)(F)F)cccc3C(F)(F)F)c2O1. The van der Waals surface area contributed by atoms with E-state index in [0.29, 0.717) is 24.3 Å². The molecule has 0 bridgehead atoms. The van der Waals surface area contributed by atoms with Crippen LogP contribution in [0.1, 0.15) is 11.1 Å². The van der Waals surface area contributed by atoms with Crippen molar-refractivity contribution >= 4 is 5.69 Å². The van der Waals surface area contributed by atoms with Crippen LogP contribution in [0.2, 0.25) is 0 Å². The van der Waals surface area contributed by atoms with E-state index in [0.717, 1.165) is 6.07 Å². The van der Waals surface area contributed by atoms with E-state index in [2.05, 4.69) is 5.32 Å². The minimum atomic E-state index is -5.09. The lowest BCUT2D eigenvalue weighted by molar-refractivity contribution is -0.142. The zero-order valence-corrected chi connectivity index (χ0v) is 13.5. The largest absolute Gasteiger partial charge is 0.484 e. The standard InChI is InChI=1S/C17H13F7N2O/c18-8-4-10(15-13(5-8)26-7-9(6-25)27-15)14-11(16(19,20)21)2-1-3-12(14)17(22,23)24/h1-5,9,26H,6-7,25H2/t9-/m0/s1. The zero-order valence-electron chi connectivity index (χ0n) is 13.5. The van der Waals surface area contributed by atoms with E-state index in [9.17, 15) is 30.7 Å². The third-order valence-electron chi connectivity index (χ3n) is 4.07. The number of halogens is 7. The molecule has 1 atom stereocenters. The van der Waals surface area contributed by atoms with Crippen LogP contribution in [0.4, 0.5) is 36.4 Å². The highest BCUT2D eigenvalue weighted by Crippen LogP contribution is 2.49. The van der Waals surface area contributed by atoms with Crippen LogP contribution in [0.3, 0.4) is 0 Å². The Balaban J connectivity index is 2.36. The molecule has 0 radical (unpaired) electrons. The van der Waals surface area contributed by atoms with E-state index in [1.807, 2.05) is 0 Å². The highest BCUT2D eigenvalue weighted by Gasteiger charge is 2.42. The minimum absolute atomic E-state index is 0.0314. The summed E-state index contributed by atoms with van der Waals surface area (Å²) in [6.07, 6.45) is -10.9. The van der Waals surface area contributed by atoms with Crippen LogP contribution < -0.4 is 15.8 Å². The summed E-state index contributed by atoms with van der Waals surface area (Å²) < 4.78 is 100. The van der Waals surface area contributed by atoms with E-state index in [-0.39, 0.29) is 24.5 Å². The zero-order chi connectivity index (χ0) is 20.0. The average molecular weight is 394 g/mol. The quantitative estimate of drug-likeness (QED) is 0.729. The van der Waals surface area contributed by atoms with Gasteiger partial charge in [0.25, 0.3) is 0 Å². The van der Waals surface area contributed by atoms with Gasteiger partial charge >= 0.3 is 12.4 Å². The number of ether oxygens (including phenoxy) is 1. The fourth-order valence-corrected chi connectivity index (χ4v) is 2.92. The molecule has 0 aliphatic carbocycles. The molecule has 3 nitrogen and oxygen atoms in total. The predicted octanol–water partition coefficient (Wildman–Crippen LogP) is 4.66. The van der Waals surface area contributed by atoms with Gasteiger partial charge in [-0.1, -0.05) is 6.07 Å². The fraction of sp³-hybridized carbons (Fsp3) is 0.294. The first-order valence-corrected chi connectivity index (χ1v) is 7.74. The van der Waals surface area contributed by atoms with Crippen LogP contribution in [-0.2, 0) is 12.4 Å². The molecule has 0 saturated heterocycles. The number of hydrogen-bond acceptors (Lipinski definition) is 3. The number of hydrogen-bond donors (Lipinski definition) is 2. The molecule has 0 amide bonds. The summed E-state index contributed by atoms with van der Waals surface area (Å²) in [6, 6.07) is 3.22. The van der Waals surface area contributed by atoms with Crippen LogP contribution in [-0.4, -0.2) is 19.2 Å². The predicted molar refractivity (Wildman–Crippen MR) is 83.8 cm³/mol. The molecule has 10 heteroatoms. The molecule has 0 saturated carbocycles. The molecule has 27 heavy (non-hydrogen) atoms. The fourth-order valence-electron chi connectivity index (χ4n) is 2.92. The summed E-state index contributed by atoms with van der Waals surface area (Å²) in [6.45, 7) is 0.107. The van der Waals surface area contributed by atoms with E-state index in [1.165, 1.54) is 0 Å². The van der Waals surface area contributed by atoms with Crippen LogP contribution in [0.5, 0.6) is 5.75 Å². The summed E-state index contributed by atoms with van der Waals surface area (Å²) in [5.74, 6) is -1.31. The van der Waals surface area contributed by atoms with Gasteiger partial charge in [0.2, 0.25) is 0 Å². The lowest BCUT2D eigenvalue weighted by Crippen LogP contribution is -2.37. The lowest BCUT2D eigenvalue weighted by atomic mass is 9.92. The molecule has 2 aromatic carbocycles. The topological polar surface area (TPSA) is 47.3 Å². The second-order valence-corrected chi connectivity index (χ2v) is 5.91. The molecule has 0 fully saturated rings. The Kier molecular flexibility index (Phi) is 4.71. The van der Waals surface area contributed by atoms with Crippen LogP contribution in [0.15, 0.2) is 30.3 Å². The Labute approximate surface area is 148 Å². The molecular weight excluding hydrogens is 381 g/mol. The van der Waals surface area contributed by atoms with Crippen molar-refractivity contribution < 1.29 is 35.5 Å². The van der Waals surface area contributed by atoms with Gasteiger partial charge in [0.05, 0.1) is 23.4 Å². The molecule has 3 N–H and O–H groups in total. The molecule has 146 valence electrons. The van der Waals surface area contributed by atoms with Crippen LogP contribution >= 0.6 is 0 Å². The average Bonchev–Trinajstić information content (AvgIpc) is 2.58. The Hall–Kier alpha value is -2.49. The number of alkyl halides is 6. The number of anilines is 1. The molecular formula is C17H13F7N2O. The van der Waals surface area contributed by atoms with E-state index in [4.69, 9.17) is 10.5 Å². The normalized spacial score (nSPS) is 17.1. The number of nitrogens with one attached hydrogen (secondary N) is 1. The smallest absolute Gasteiger partial charge is 0.417 e. The van der Waals surface area contributed by atoms with Crippen LogP contribution in [0.25, 0.3) is 11.1 Å². The van der Waals surface area contributed by atoms with Gasteiger partial charge in [-0.05, 0) is 18.2 Å². The van der Waals surface area contributed by atoms with E-state index in [1.54, 1.807) is 0 Å². The number of fused-ring (bicyclic) bond motifs is 1. The number of benzene rings is 2. The number of rotatable bonds is 2. The van der Waals surface area contributed by atoms with Crippen molar-refractivity contribution in [1.82, 2.24) is 0 Å². The summed E-state index contributed by atoms with van der Waals surface area (Å²) in [4.78, 5) is 0. The monoisotopic (exact) mass is 394 g/mol. The van der Waals surface area contributed by atoms with E-state index < -0.39 is 46.5 Å². The van der Waals surface area contributed by atoms with Gasteiger partial charge in [0.15, 0.2) is 5.75 Å². The molecule has 0 aromatic heterocycles. The Morgan fingerprint density at radius 3 is 2.15 bits per heavy atom. The number of nitrogens with two attached hydrogens (primary N) is 1. The van der Waals surface area contributed by atoms with Crippen molar-refractivity contribution in [2.45, 2.75) is 18.5 Å². The molecule has 1 heterocycles. The Bertz CT molecular complexity index is 829. The second kappa shape index (κ2) is 6.59. The van der Waals surface area contributed by atoms with Crippen molar-refractivity contribution in [3.8, 4) is 16.9 Å². The van der Waals surface area contributed by atoms with Crippen molar-refractivity contribution in [3.05, 3.63) is 47.3 Å². The van der Waals surface area contributed by atoms with Crippen molar-refractivity contribution in [1.29, 1.82) is 0 Å². The third-order valence-corrected chi connectivity index (χ3v) is 4.07. The lowest BCUT2D eigenvalue weighted by Gasteiger charge is -2.29. The summed E-state index contributed by atoms with van der Waals surface area (Å²) >= 11 is 0. The van der Waals surface area contributed by atoms with Gasteiger partial charge in [-0.2, -0.15) is 26.3 Å². The van der Waals surface area contributed by atoms with Gasteiger partial charge in [-0.3, -0.25) is 0 Å². The highest BCUT2D eigenvalue weighted by atomic mass is 19.4. The molecule has 2 aromatic rings. The Morgan fingerprint density at radius 1 is 1.04 bits per heavy atom. The van der Waals surface area contributed by atoms with Crippen molar-refractivity contribution in [2.24, 2.45) is 5.73 Å². The summed E-state index contributed by atoms with van der Waals surface area (Å²) in [5.41, 5.74) is 0.530. The van der Waals surface area contributed by atoms with Crippen LogP contribution in [0, 0.1) is 5.82 Å². The molecule has 3 rings (SSSR count). The first kappa shape index (κ1) is 19.3. The second-order valence-electron chi connectivity index (χ2n) is 5.91. The molecule has 1 aliphatic rings. The van der Waals surface area contributed by atoms with Crippen molar-refractivity contribution in [2.75, 3.05) is 18.4 Å². The maximum absolute atomic E-state index is 14.0. The summed E-state index contributed by atoms with van der Waals surface area (Å²) in [7, 11) is 0. The highest BCUT2D eigenvalue weighted by molar-refractivity contribution is 5.83. The van der Waals surface area contributed by atoms with Gasteiger partial charge in [-0.25, -0.2) is 4.39 Å². The first-order chi connectivity index (χ1) is 12.5. The first-order valence-electron chi connectivity index (χ1n) is 7.74. The molecule has 0 spiro atoms. The summed E-state index contributed by atoms with van der Waals surface area (Å²) in [5, 5.41) is 2.72. The maximum Gasteiger partial charge on any atom is 0.417 e. The van der Waals surface area contributed by atoms with Gasteiger partial charge < -0.3 is 15.8 Å². The minimum Gasteiger partial charge on any atom is -0.484 e. The van der Waals surface area contributed by atoms with Gasteiger partial charge in [0.1, 0.15) is 11.9 Å². The van der Waals surface area contributed by atoms with Crippen molar-refractivity contribution in [3.63, 3.8) is 0 Å². The molecule has 1 aliphatic heterocycles. The molecule has 0 unspecified atom stereocenters. The third kappa shape index (κ3) is 3.66.